The van der Waals surface area contributed by atoms with Gasteiger partial charge in [-0.2, -0.15) is 0 Å². The molecule has 0 saturated carbocycles. The molecule has 0 bridgehead atoms. The molecule has 4 nitrogen and oxygen atoms in total. The molecule has 0 spiro atoms. The van der Waals surface area contributed by atoms with Crippen molar-refractivity contribution in [2.45, 2.75) is 0 Å². The topological polar surface area (TPSA) is 59.4 Å². The average Bonchev–Trinajstić information content (AvgIpc) is 2.37. The van der Waals surface area contributed by atoms with Gasteiger partial charge in [-0.3, -0.25) is 0 Å². The fraction of sp³-hybridized carbons (Fsp3) is 0. The summed E-state index contributed by atoms with van der Waals surface area (Å²) in [6.45, 7) is 0. The lowest BCUT2D eigenvalue weighted by atomic mass is 10.2. The summed E-state index contributed by atoms with van der Waals surface area (Å²) in [4.78, 5) is 14.8. The number of aromatic carboxylic acids is 1. The Morgan fingerprint density at radius 2 is 1.95 bits per heavy atom. The van der Waals surface area contributed by atoms with Crippen LogP contribution in [0.3, 0.4) is 0 Å². The number of halogens is 4. The first-order valence-corrected chi connectivity index (χ1v) is 7.03. The predicted octanol–water partition coefficient (Wildman–Crippen LogP) is 5.29. The Hall–Kier alpha value is -1.01. The van der Waals surface area contributed by atoms with Crippen LogP contribution >= 0.6 is 50.7 Å². The molecule has 0 saturated heterocycles. The maximum atomic E-state index is 11.0. The summed E-state index contributed by atoms with van der Waals surface area (Å²) in [6, 6.07) is 4.29. The van der Waals surface area contributed by atoms with Gasteiger partial charge in [0, 0.05) is 16.7 Å². The van der Waals surface area contributed by atoms with E-state index in [4.69, 9.17) is 44.6 Å². The normalized spacial score (nSPS) is 10.4. The summed E-state index contributed by atoms with van der Waals surface area (Å²) in [5.41, 5.74) is -0.115. The number of ether oxygens (including phenoxy) is 1. The fourth-order valence-electron chi connectivity index (χ4n) is 1.35. The molecule has 0 aliphatic rings. The summed E-state index contributed by atoms with van der Waals surface area (Å²) >= 11 is 21.1. The van der Waals surface area contributed by atoms with Crippen molar-refractivity contribution in [3.8, 4) is 11.6 Å². The van der Waals surface area contributed by atoms with Gasteiger partial charge in [-0.25, -0.2) is 9.78 Å². The van der Waals surface area contributed by atoms with Crippen LogP contribution in [0, 0.1) is 0 Å². The molecular weight excluding hydrogens is 392 g/mol. The van der Waals surface area contributed by atoms with E-state index >= 15 is 0 Å². The Morgan fingerprint density at radius 1 is 1.25 bits per heavy atom. The first kappa shape index (κ1) is 15.4. The van der Waals surface area contributed by atoms with Gasteiger partial charge in [0.1, 0.15) is 10.8 Å². The van der Waals surface area contributed by atoms with Crippen LogP contribution in [0.5, 0.6) is 11.6 Å². The first-order chi connectivity index (χ1) is 9.40. The van der Waals surface area contributed by atoms with Crippen molar-refractivity contribution in [2.24, 2.45) is 0 Å². The van der Waals surface area contributed by atoms with Gasteiger partial charge in [0.25, 0.3) is 0 Å². The molecule has 20 heavy (non-hydrogen) atoms. The van der Waals surface area contributed by atoms with Gasteiger partial charge in [0.15, 0.2) is 0 Å². The number of carboxylic acids is 1. The van der Waals surface area contributed by atoms with Gasteiger partial charge in [0.2, 0.25) is 5.88 Å². The summed E-state index contributed by atoms with van der Waals surface area (Å²) in [6.07, 6.45) is 1.28. The molecule has 0 aliphatic carbocycles. The summed E-state index contributed by atoms with van der Waals surface area (Å²) in [5, 5.41) is 9.52. The highest BCUT2D eigenvalue weighted by Crippen LogP contribution is 2.38. The molecule has 2 rings (SSSR count). The van der Waals surface area contributed by atoms with Crippen molar-refractivity contribution >= 4 is 56.7 Å². The van der Waals surface area contributed by atoms with Crippen LogP contribution in [0.15, 0.2) is 28.9 Å². The van der Waals surface area contributed by atoms with Crippen LogP contribution in [0.2, 0.25) is 15.1 Å². The lowest BCUT2D eigenvalue weighted by Gasteiger charge is -2.10. The summed E-state index contributed by atoms with van der Waals surface area (Å²) < 4.78 is 6.03. The van der Waals surface area contributed by atoms with E-state index in [0.29, 0.717) is 9.50 Å². The standard InChI is InChI=1S/C12H5BrCl3NO3/c13-6-3-8(15)9(4-7(6)14)20-11-10(16)5(12(18)19)1-2-17-11/h1-4H,(H,18,19). The molecule has 0 atom stereocenters. The van der Waals surface area contributed by atoms with E-state index in [9.17, 15) is 4.79 Å². The highest BCUT2D eigenvalue weighted by molar-refractivity contribution is 9.10. The van der Waals surface area contributed by atoms with E-state index in [1.54, 1.807) is 6.07 Å². The second-order valence-corrected chi connectivity index (χ2v) is 5.63. The maximum Gasteiger partial charge on any atom is 0.337 e. The second kappa shape index (κ2) is 6.18. The lowest BCUT2D eigenvalue weighted by Crippen LogP contribution is -2.00. The number of aromatic nitrogens is 1. The van der Waals surface area contributed by atoms with Crippen LogP contribution < -0.4 is 4.74 Å². The van der Waals surface area contributed by atoms with E-state index in [1.165, 1.54) is 18.3 Å². The molecule has 1 aromatic heterocycles. The Labute approximate surface area is 137 Å². The van der Waals surface area contributed by atoms with Crippen LogP contribution in [0.4, 0.5) is 0 Å². The van der Waals surface area contributed by atoms with Crippen LogP contribution in [-0.4, -0.2) is 16.1 Å². The van der Waals surface area contributed by atoms with Crippen molar-refractivity contribution in [1.82, 2.24) is 4.98 Å². The van der Waals surface area contributed by atoms with Gasteiger partial charge >= 0.3 is 5.97 Å². The van der Waals surface area contributed by atoms with Gasteiger partial charge in [-0.05, 0) is 28.1 Å². The smallest absolute Gasteiger partial charge is 0.337 e. The van der Waals surface area contributed by atoms with Gasteiger partial charge in [0.05, 0.1) is 15.6 Å². The Bertz CT molecular complexity index is 694. The SMILES string of the molecule is O=C(O)c1ccnc(Oc2cc(Cl)c(Br)cc2Cl)c1Cl. The maximum absolute atomic E-state index is 11.0. The van der Waals surface area contributed by atoms with Crippen molar-refractivity contribution in [2.75, 3.05) is 0 Å². The van der Waals surface area contributed by atoms with E-state index in [-0.39, 0.29) is 27.2 Å². The largest absolute Gasteiger partial charge is 0.478 e. The highest BCUT2D eigenvalue weighted by Gasteiger charge is 2.16. The molecule has 0 aliphatic heterocycles. The van der Waals surface area contributed by atoms with Crippen molar-refractivity contribution in [3.63, 3.8) is 0 Å². The van der Waals surface area contributed by atoms with E-state index in [0.717, 1.165) is 0 Å². The quantitative estimate of drug-likeness (QED) is 0.715. The molecule has 0 fully saturated rings. The molecule has 8 heteroatoms. The number of carboxylic acid groups (broad SMARTS) is 1. The Morgan fingerprint density at radius 3 is 2.60 bits per heavy atom. The van der Waals surface area contributed by atoms with Crippen molar-refractivity contribution in [3.05, 3.63) is 49.5 Å². The molecule has 1 aromatic carbocycles. The average molecular weight is 397 g/mol. The van der Waals surface area contributed by atoms with E-state index in [2.05, 4.69) is 20.9 Å². The van der Waals surface area contributed by atoms with Gasteiger partial charge < -0.3 is 9.84 Å². The van der Waals surface area contributed by atoms with Crippen molar-refractivity contribution < 1.29 is 14.6 Å². The third-order valence-electron chi connectivity index (χ3n) is 2.27. The minimum atomic E-state index is -1.18. The van der Waals surface area contributed by atoms with E-state index in [1.807, 2.05) is 0 Å². The molecule has 0 unspecified atom stereocenters. The monoisotopic (exact) mass is 395 g/mol. The van der Waals surface area contributed by atoms with E-state index < -0.39 is 5.97 Å². The van der Waals surface area contributed by atoms with Gasteiger partial charge in [-0.1, -0.05) is 34.8 Å². The molecule has 0 amide bonds. The molecule has 1 N–H and O–H groups in total. The van der Waals surface area contributed by atoms with Crippen LogP contribution in [-0.2, 0) is 0 Å². The third kappa shape index (κ3) is 3.17. The number of benzene rings is 1. The third-order valence-corrected chi connectivity index (χ3v) is 4.13. The van der Waals surface area contributed by atoms with Crippen LogP contribution in [0.25, 0.3) is 0 Å². The Balaban J connectivity index is 2.43. The zero-order valence-electron chi connectivity index (χ0n) is 9.53. The fourth-order valence-corrected chi connectivity index (χ4v) is 2.41. The minimum absolute atomic E-state index is 0.0631. The Kier molecular flexibility index (Phi) is 4.75. The number of pyridine rings is 1. The number of rotatable bonds is 3. The lowest BCUT2D eigenvalue weighted by molar-refractivity contribution is 0.0696. The van der Waals surface area contributed by atoms with Gasteiger partial charge in [-0.15, -0.1) is 0 Å². The number of hydrogen-bond acceptors (Lipinski definition) is 3. The first-order valence-electron chi connectivity index (χ1n) is 5.10. The zero-order valence-corrected chi connectivity index (χ0v) is 13.4. The summed E-state index contributed by atoms with van der Waals surface area (Å²) in [7, 11) is 0. The molecule has 2 aromatic rings. The zero-order chi connectivity index (χ0) is 14.9. The molecule has 0 radical (unpaired) electrons. The second-order valence-electron chi connectivity index (χ2n) is 3.58. The minimum Gasteiger partial charge on any atom is -0.478 e. The van der Waals surface area contributed by atoms with Crippen LogP contribution in [0.1, 0.15) is 10.4 Å². The molecular formula is C12H5BrCl3NO3. The molecule has 1 heterocycles. The highest BCUT2D eigenvalue weighted by atomic mass is 79.9. The predicted molar refractivity (Wildman–Crippen MR) is 80.4 cm³/mol. The number of hydrogen-bond donors (Lipinski definition) is 1. The molecule has 104 valence electrons. The number of carbonyl (C=O) groups is 1. The number of nitrogens with zero attached hydrogens (tertiary/aromatic N) is 1. The summed E-state index contributed by atoms with van der Waals surface area (Å²) in [5.74, 6) is -1.02. The van der Waals surface area contributed by atoms with Crippen molar-refractivity contribution in [1.29, 1.82) is 0 Å².